The van der Waals surface area contributed by atoms with Crippen LogP contribution in [-0.2, 0) is 11.3 Å². The number of aliphatic imine (C=N–C) groups is 1. The monoisotopic (exact) mass is 378 g/mol. The molecule has 1 aromatic carbocycles. The minimum atomic E-state index is -0.520. The molecule has 1 amide bonds. The second kappa shape index (κ2) is 10.6. The first-order valence-corrected chi connectivity index (χ1v) is 9.21. The fraction of sp³-hybridized carbons (Fsp3) is 0.600. The molecule has 0 heterocycles. The maximum atomic E-state index is 12.0. The van der Waals surface area contributed by atoms with Gasteiger partial charge in [0, 0.05) is 20.1 Å². The van der Waals surface area contributed by atoms with Crippen LogP contribution in [0.1, 0.15) is 40.2 Å². The summed E-state index contributed by atoms with van der Waals surface area (Å²) in [5.74, 6) is 1.72. The molecule has 1 aromatic rings. The van der Waals surface area contributed by atoms with E-state index in [1.807, 2.05) is 45.0 Å². The first-order chi connectivity index (χ1) is 12.6. The summed E-state index contributed by atoms with van der Waals surface area (Å²) in [5, 5.41) is 9.44. The lowest BCUT2D eigenvalue weighted by atomic mass is 10.0. The van der Waals surface area contributed by atoms with Gasteiger partial charge in [0.2, 0.25) is 0 Å². The van der Waals surface area contributed by atoms with Crippen molar-refractivity contribution in [1.82, 2.24) is 16.0 Å². The van der Waals surface area contributed by atoms with Gasteiger partial charge in [0.05, 0.1) is 13.2 Å². The number of alkyl carbamates (subject to hydrolysis) is 1. The first kappa shape index (κ1) is 22.6. The Hall–Kier alpha value is -2.44. The highest BCUT2D eigenvalue weighted by atomic mass is 16.6. The molecule has 0 aliphatic heterocycles. The molecule has 0 spiro atoms. The number of hydrogen-bond acceptors (Lipinski definition) is 4. The number of benzene rings is 1. The highest BCUT2D eigenvalue weighted by Gasteiger charge is 2.21. The number of hydrogen-bond donors (Lipinski definition) is 3. The summed E-state index contributed by atoms with van der Waals surface area (Å²) in [4.78, 5) is 16.3. The number of methoxy groups -OCH3 is 1. The molecule has 7 heteroatoms. The molecule has 0 aliphatic rings. The van der Waals surface area contributed by atoms with Gasteiger partial charge in [0.15, 0.2) is 5.96 Å². The van der Waals surface area contributed by atoms with Crippen LogP contribution in [0.15, 0.2) is 29.3 Å². The van der Waals surface area contributed by atoms with E-state index >= 15 is 0 Å². The topological polar surface area (TPSA) is 84.0 Å². The molecule has 0 saturated heterocycles. The van der Waals surface area contributed by atoms with Crippen LogP contribution in [0.2, 0.25) is 0 Å². The molecule has 0 saturated carbocycles. The van der Waals surface area contributed by atoms with Crippen LogP contribution in [0, 0.1) is 5.92 Å². The predicted molar refractivity (Wildman–Crippen MR) is 109 cm³/mol. The number of nitrogens with zero attached hydrogens (tertiary/aromatic N) is 1. The van der Waals surface area contributed by atoms with Crippen molar-refractivity contribution in [3.8, 4) is 5.75 Å². The summed E-state index contributed by atoms with van der Waals surface area (Å²) in [6, 6.07) is 7.76. The lowest BCUT2D eigenvalue weighted by molar-refractivity contribution is 0.0491. The van der Waals surface area contributed by atoms with Crippen molar-refractivity contribution < 1.29 is 14.3 Å². The Bertz CT molecular complexity index is 624. The minimum absolute atomic E-state index is 0.0878. The first-order valence-electron chi connectivity index (χ1n) is 9.21. The Morgan fingerprint density at radius 3 is 2.48 bits per heavy atom. The second-order valence-electron chi connectivity index (χ2n) is 7.65. The third kappa shape index (κ3) is 9.17. The van der Waals surface area contributed by atoms with Crippen molar-refractivity contribution >= 4 is 12.1 Å². The van der Waals surface area contributed by atoms with Crippen LogP contribution in [0.3, 0.4) is 0 Å². The van der Waals surface area contributed by atoms with Gasteiger partial charge in [-0.3, -0.25) is 4.99 Å². The number of carbonyl (C=O) groups excluding carboxylic acids is 1. The molecular formula is C20H34N4O3. The minimum Gasteiger partial charge on any atom is -0.497 e. The van der Waals surface area contributed by atoms with Gasteiger partial charge in [-0.2, -0.15) is 0 Å². The number of amides is 1. The van der Waals surface area contributed by atoms with E-state index in [1.54, 1.807) is 14.2 Å². The quantitative estimate of drug-likeness (QED) is 0.502. The zero-order valence-corrected chi connectivity index (χ0v) is 17.6. The normalized spacial score (nSPS) is 13.1. The van der Waals surface area contributed by atoms with Gasteiger partial charge in [-0.15, -0.1) is 0 Å². The molecule has 0 aromatic heterocycles. The summed E-state index contributed by atoms with van der Waals surface area (Å²) >= 11 is 0. The van der Waals surface area contributed by atoms with Gasteiger partial charge < -0.3 is 25.4 Å². The summed E-state index contributed by atoms with van der Waals surface area (Å²) in [6.45, 7) is 10.8. The van der Waals surface area contributed by atoms with Gasteiger partial charge in [0.25, 0.3) is 0 Å². The van der Waals surface area contributed by atoms with Crippen LogP contribution in [0.4, 0.5) is 4.79 Å². The Kier molecular flexibility index (Phi) is 8.91. The number of rotatable bonds is 7. The van der Waals surface area contributed by atoms with E-state index in [-0.39, 0.29) is 12.0 Å². The van der Waals surface area contributed by atoms with Crippen LogP contribution in [0.5, 0.6) is 5.75 Å². The summed E-state index contributed by atoms with van der Waals surface area (Å²) in [6.07, 6.45) is -0.415. The number of carbonyl (C=O) groups is 1. The van der Waals surface area contributed by atoms with Crippen molar-refractivity contribution in [3.63, 3.8) is 0 Å². The number of guanidine groups is 1. The molecule has 7 nitrogen and oxygen atoms in total. The zero-order chi connectivity index (χ0) is 20.4. The molecule has 0 aliphatic carbocycles. The molecule has 3 N–H and O–H groups in total. The predicted octanol–water partition coefficient (Wildman–Crippen LogP) is 2.91. The van der Waals surface area contributed by atoms with Crippen LogP contribution in [-0.4, -0.2) is 44.4 Å². The average Bonchev–Trinajstić information content (AvgIpc) is 2.59. The maximum Gasteiger partial charge on any atom is 0.407 e. The van der Waals surface area contributed by atoms with Gasteiger partial charge in [-0.25, -0.2) is 4.79 Å². The Balaban J connectivity index is 2.55. The molecule has 152 valence electrons. The Morgan fingerprint density at radius 1 is 1.22 bits per heavy atom. The van der Waals surface area contributed by atoms with Crippen molar-refractivity contribution in [2.45, 2.75) is 52.8 Å². The van der Waals surface area contributed by atoms with Crippen molar-refractivity contribution in [2.24, 2.45) is 10.9 Å². The lowest BCUT2D eigenvalue weighted by Crippen LogP contribution is -2.50. The van der Waals surface area contributed by atoms with E-state index in [9.17, 15) is 4.79 Å². The van der Waals surface area contributed by atoms with Crippen molar-refractivity contribution in [1.29, 1.82) is 0 Å². The molecule has 0 bridgehead atoms. The third-order valence-corrected chi connectivity index (χ3v) is 3.81. The third-order valence-electron chi connectivity index (χ3n) is 3.81. The highest BCUT2D eigenvalue weighted by Crippen LogP contribution is 2.12. The number of nitrogens with one attached hydrogen (secondary N) is 3. The van der Waals surface area contributed by atoms with E-state index in [2.05, 4.69) is 34.8 Å². The van der Waals surface area contributed by atoms with Gasteiger partial charge in [0.1, 0.15) is 11.4 Å². The van der Waals surface area contributed by atoms with Crippen LogP contribution < -0.4 is 20.7 Å². The molecule has 1 unspecified atom stereocenters. The van der Waals surface area contributed by atoms with E-state index < -0.39 is 11.7 Å². The molecule has 0 fully saturated rings. The largest absolute Gasteiger partial charge is 0.497 e. The maximum absolute atomic E-state index is 12.0. The molecular weight excluding hydrogens is 344 g/mol. The highest BCUT2D eigenvalue weighted by molar-refractivity contribution is 5.79. The van der Waals surface area contributed by atoms with Gasteiger partial charge in [-0.05, 0) is 44.4 Å². The van der Waals surface area contributed by atoms with E-state index in [0.29, 0.717) is 19.0 Å². The lowest BCUT2D eigenvalue weighted by Gasteiger charge is -2.26. The second-order valence-corrected chi connectivity index (χ2v) is 7.65. The van der Waals surface area contributed by atoms with Crippen molar-refractivity contribution in [2.75, 3.05) is 20.7 Å². The Morgan fingerprint density at radius 2 is 1.93 bits per heavy atom. The molecule has 0 radical (unpaired) electrons. The fourth-order valence-electron chi connectivity index (χ4n) is 2.31. The van der Waals surface area contributed by atoms with Crippen LogP contribution in [0.25, 0.3) is 0 Å². The standard InChI is InChI=1S/C20H34N4O3/c1-14(2)17(24-19(25)27-20(3,4)5)13-23-18(21-6)22-12-15-9-8-10-16(11-15)26-7/h8-11,14,17H,12-13H2,1-7H3,(H,24,25)(H2,21,22,23). The smallest absolute Gasteiger partial charge is 0.407 e. The fourth-order valence-corrected chi connectivity index (χ4v) is 2.31. The van der Waals surface area contributed by atoms with Crippen molar-refractivity contribution in [3.05, 3.63) is 29.8 Å². The van der Waals surface area contributed by atoms with Crippen LogP contribution >= 0.6 is 0 Å². The SMILES string of the molecule is CN=C(NCc1cccc(OC)c1)NCC(NC(=O)OC(C)(C)C)C(C)C. The molecule has 1 rings (SSSR count). The summed E-state index contributed by atoms with van der Waals surface area (Å²) in [5.41, 5.74) is 0.567. The molecule has 1 atom stereocenters. The Labute approximate surface area is 162 Å². The average molecular weight is 379 g/mol. The van der Waals surface area contributed by atoms with Gasteiger partial charge in [-0.1, -0.05) is 26.0 Å². The number of ether oxygens (including phenoxy) is 2. The summed E-state index contributed by atoms with van der Waals surface area (Å²) in [7, 11) is 3.36. The van der Waals surface area contributed by atoms with E-state index in [1.165, 1.54) is 0 Å². The van der Waals surface area contributed by atoms with Gasteiger partial charge >= 0.3 is 6.09 Å². The van der Waals surface area contributed by atoms with E-state index in [4.69, 9.17) is 9.47 Å². The zero-order valence-electron chi connectivity index (χ0n) is 17.6. The van der Waals surface area contributed by atoms with E-state index in [0.717, 1.165) is 11.3 Å². The summed E-state index contributed by atoms with van der Waals surface area (Å²) < 4.78 is 10.6. The molecule has 27 heavy (non-hydrogen) atoms.